The number of benzene rings is 2. The van der Waals surface area contributed by atoms with E-state index in [-0.39, 0.29) is 28.8 Å². The Hall–Kier alpha value is -2.36. The third-order valence-electron chi connectivity index (χ3n) is 4.95. The molecule has 2 amide bonds. The van der Waals surface area contributed by atoms with Gasteiger partial charge in [-0.15, -0.1) is 11.8 Å². The number of carbonyl (C=O) groups is 2. The molecule has 160 valence electrons. The Kier molecular flexibility index (Phi) is 6.84. The Morgan fingerprint density at radius 2 is 1.90 bits per heavy atom. The molecule has 1 saturated heterocycles. The second-order valence-electron chi connectivity index (χ2n) is 7.11. The number of carbonyl (C=O) groups excluding carboxylic acids is 2. The molecule has 0 radical (unpaired) electrons. The van der Waals surface area contributed by atoms with Gasteiger partial charge in [-0.2, -0.15) is 0 Å². The number of hydrogen-bond acceptors (Lipinski definition) is 5. The zero-order chi connectivity index (χ0) is 21.9. The third-order valence-corrected chi connectivity index (χ3v) is 7.50. The number of nitrogens with zero attached hydrogens (tertiary/aromatic N) is 1. The van der Waals surface area contributed by atoms with Crippen LogP contribution in [0.3, 0.4) is 0 Å². The molecule has 0 aliphatic carbocycles. The number of nitrogens with one attached hydrogen (secondary N) is 2. The summed E-state index contributed by atoms with van der Waals surface area (Å²) in [6.45, 7) is 5.91. The first-order valence-corrected chi connectivity index (χ1v) is 12.2. The van der Waals surface area contributed by atoms with Crippen molar-refractivity contribution in [1.29, 1.82) is 0 Å². The standard InChI is InChI=1S/C21H25N3O4S2/c1-4-22-30(27,28)18-7-5-6-16(11-18)21(26)24-13-29-12-19(24)20(25)23-17-9-8-14(2)15(3)10-17/h5-11,19,22H,4,12-13H2,1-3H3,(H,23,25). The fourth-order valence-electron chi connectivity index (χ4n) is 3.14. The first kappa shape index (κ1) is 22.3. The van der Waals surface area contributed by atoms with Gasteiger partial charge in [-0.25, -0.2) is 13.1 Å². The van der Waals surface area contributed by atoms with Crippen molar-refractivity contribution in [3.05, 3.63) is 59.2 Å². The molecule has 7 nitrogen and oxygen atoms in total. The fraction of sp³-hybridized carbons (Fsp3) is 0.333. The summed E-state index contributed by atoms with van der Waals surface area (Å²) in [5.74, 6) is 0.230. The summed E-state index contributed by atoms with van der Waals surface area (Å²) in [6.07, 6.45) is 0. The van der Waals surface area contributed by atoms with Gasteiger partial charge >= 0.3 is 0 Å². The molecule has 1 fully saturated rings. The quantitative estimate of drug-likeness (QED) is 0.710. The highest BCUT2D eigenvalue weighted by Crippen LogP contribution is 2.25. The van der Waals surface area contributed by atoms with E-state index in [4.69, 9.17) is 0 Å². The number of hydrogen-bond donors (Lipinski definition) is 2. The van der Waals surface area contributed by atoms with E-state index in [0.29, 0.717) is 17.3 Å². The second kappa shape index (κ2) is 9.20. The summed E-state index contributed by atoms with van der Waals surface area (Å²) in [5.41, 5.74) is 3.13. The highest BCUT2D eigenvalue weighted by Gasteiger charge is 2.35. The molecule has 3 rings (SSSR count). The van der Waals surface area contributed by atoms with Crippen LogP contribution in [0.5, 0.6) is 0 Å². The molecular weight excluding hydrogens is 422 g/mol. The lowest BCUT2D eigenvalue weighted by Crippen LogP contribution is -2.44. The van der Waals surface area contributed by atoms with Crippen molar-refractivity contribution < 1.29 is 18.0 Å². The predicted octanol–water partition coefficient (Wildman–Crippen LogP) is 2.76. The largest absolute Gasteiger partial charge is 0.324 e. The molecule has 1 aliphatic rings. The zero-order valence-corrected chi connectivity index (χ0v) is 18.8. The van der Waals surface area contributed by atoms with E-state index in [2.05, 4.69) is 10.0 Å². The molecule has 30 heavy (non-hydrogen) atoms. The summed E-state index contributed by atoms with van der Waals surface area (Å²) in [7, 11) is -3.67. The van der Waals surface area contributed by atoms with Crippen molar-refractivity contribution in [2.24, 2.45) is 0 Å². The molecule has 2 aromatic rings. The van der Waals surface area contributed by atoms with Crippen LogP contribution in [-0.2, 0) is 14.8 Å². The maximum Gasteiger partial charge on any atom is 0.255 e. The first-order valence-electron chi connectivity index (χ1n) is 9.59. The van der Waals surface area contributed by atoms with Gasteiger partial charge in [0, 0.05) is 23.5 Å². The second-order valence-corrected chi connectivity index (χ2v) is 9.87. The monoisotopic (exact) mass is 447 g/mol. The average molecular weight is 448 g/mol. The lowest BCUT2D eigenvalue weighted by Gasteiger charge is -2.23. The first-order chi connectivity index (χ1) is 14.2. The van der Waals surface area contributed by atoms with Gasteiger partial charge in [0.05, 0.1) is 10.8 Å². The Morgan fingerprint density at radius 1 is 1.13 bits per heavy atom. The van der Waals surface area contributed by atoms with Crippen LogP contribution in [0.15, 0.2) is 47.4 Å². The molecule has 1 heterocycles. The summed E-state index contributed by atoms with van der Waals surface area (Å²) < 4.78 is 26.9. The fourth-order valence-corrected chi connectivity index (χ4v) is 5.38. The van der Waals surface area contributed by atoms with Gasteiger partial charge in [-0.05, 0) is 55.3 Å². The number of amides is 2. The number of sulfonamides is 1. The molecule has 1 aliphatic heterocycles. The van der Waals surface area contributed by atoms with Crippen LogP contribution in [0.2, 0.25) is 0 Å². The summed E-state index contributed by atoms with van der Waals surface area (Å²) in [6, 6.07) is 10.9. The van der Waals surface area contributed by atoms with Crippen molar-refractivity contribution in [1.82, 2.24) is 9.62 Å². The van der Waals surface area contributed by atoms with Gasteiger partial charge in [0.1, 0.15) is 6.04 Å². The summed E-state index contributed by atoms with van der Waals surface area (Å²) >= 11 is 1.49. The number of rotatable bonds is 6. The van der Waals surface area contributed by atoms with E-state index >= 15 is 0 Å². The van der Waals surface area contributed by atoms with Crippen LogP contribution in [0.25, 0.3) is 0 Å². The minimum Gasteiger partial charge on any atom is -0.324 e. The van der Waals surface area contributed by atoms with Crippen LogP contribution in [0, 0.1) is 13.8 Å². The number of thioether (sulfide) groups is 1. The Morgan fingerprint density at radius 3 is 2.60 bits per heavy atom. The Labute approximate surface area is 181 Å². The maximum absolute atomic E-state index is 13.1. The predicted molar refractivity (Wildman–Crippen MR) is 119 cm³/mol. The average Bonchev–Trinajstić information content (AvgIpc) is 3.20. The lowest BCUT2D eigenvalue weighted by molar-refractivity contribution is -0.119. The maximum atomic E-state index is 13.1. The highest BCUT2D eigenvalue weighted by atomic mass is 32.2. The van der Waals surface area contributed by atoms with Gasteiger partial charge in [0.25, 0.3) is 5.91 Å². The van der Waals surface area contributed by atoms with Crippen molar-refractivity contribution in [3.63, 3.8) is 0 Å². The molecule has 9 heteroatoms. The number of anilines is 1. The molecule has 0 saturated carbocycles. The van der Waals surface area contributed by atoms with Gasteiger partial charge < -0.3 is 10.2 Å². The van der Waals surface area contributed by atoms with E-state index in [1.165, 1.54) is 34.9 Å². The molecular formula is C21H25N3O4S2. The van der Waals surface area contributed by atoms with E-state index < -0.39 is 16.1 Å². The molecule has 0 aromatic heterocycles. The Balaban J connectivity index is 1.79. The van der Waals surface area contributed by atoms with Crippen LogP contribution < -0.4 is 10.0 Å². The molecule has 1 unspecified atom stereocenters. The van der Waals surface area contributed by atoms with Gasteiger partial charge in [0.15, 0.2) is 0 Å². The highest BCUT2D eigenvalue weighted by molar-refractivity contribution is 7.99. The van der Waals surface area contributed by atoms with Crippen LogP contribution in [0.1, 0.15) is 28.4 Å². The smallest absolute Gasteiger partial charge is 0.255 e. The van der Waals surface area contributed by atoms with Gasteiger partial charge in [-0.1, -0.05) is 19.1 Å². The van der Waals surface area contributed by atoms with Gasteiger partial charge in [0.2, 0.25) is 15.9 Å². The van der Waals surface area contributed by atoms with Crippen LogP contribution in [0.4, 0.5) is 5.69 Å². The van der Waals surface area contributed by atoms with Crippen LogP contribution in [-0.4, -0.2) is 49.3 Å². The molecule has 0 bridgehead atoms. The molecule has 2 N–H and O–H groups in total. The normalized spacial score (nSPS) is 16.5. The third kappa shape index (κ3) is 4.85. The topological polar surface area (TPSA) is 95.6 Å². The van der Waals surface area contributed by atoms with E-state index in [1.807, 2.05) is 32.0 Å². The summed E-state index contributed by atoms with van der Waals surface area (Å²) in [4.78, 5) is 27.4. The van der Waals surface area contributed by atoms with Crippen molar-refractivity contribution >= 4 is 39.3 Å². The Bertz CT molecular complexity index is 1070. The molecule has 1 atom stereocenters. The molecule has 0 spiro atoms. The van der Waals surface area contributed by atoms with E-state index in [1.54, 1.807) is 13.0 Å². The van der Waals surface area contributed by atoms with Crippen molar-refractivity contribution in [3.8, 4) is 0 Å². The van der Waals surface area contributed by atoms with E-state index in [9.17, 15) is 18.0 Å². The minimum absolute atomic E-state index is 0.0261. The molecule has 2 aromatic carbocycles. The lowest BCUT2D eigenvalue weighted by atomic mass is 10.1. The van der Waals surface area contributed by atoms with Crippen molar-refractivity contribution in [2.75, 3.05) is 23.5 Å². The van der Waals surface area contributed by atoms with Gasteiger partial charge in [-0.3, -0.25) is 9.59 Å². The summed E-state index contributed by atoms with van der Waals surface area (Å²) in [5, 5.41) is 2.89. The number of aryl methyl sites for hydroxylation is 2. The SMILES string of the molecule is CCNS(=O)(=O)c1cccc(C(=O)N2CSCC2C(=O)Nc2ccc(C)c(C)c2)c1. The zero-order valence-electron chi connectivity index (χ0n) is 17.1. The van der Waals surface area contributed by atoms with E-state index in [0.717, 1.165) is 11.1 Å². The minimum atomic E-state index is -3.67. The van der Waals surface area contributed by atoms with Crippen molar-refractivity contribution in [2.45, 2.75) is 31.7 Å². The van der Waals surface area contributed by atoms with Crippen LogP contribution >= 0.6 is 11.8 Å².